The molecule has 2 aromatic carbocycles. The highest BCUT2D eigenvalue weighted by molar-refractivity contribution is 7.92. The Morgan fingerprint density at radius 3 is 2.32 bits per heavy atom. The third-order valence-corrected chi connectivity index (χ3v) is 8.73. The van der Waals surface area contributed by atoms with E-state index in [2.05, 4.69) is 0 Å². The summed E-state index contributed by atoms with van der Waals surface area (Å²) in [6.07, 6.45) is 1.98. The SMILES string of the molecule is O=C(c1ccc(S(=O)(=O)N2CCCc3ccccc32)cc1)N1CCCS1(=O)=O. The van der Waals surface area contributed by atoms with Crippen LogP contribution in [-0.4, -0.2) is 45.9 Å². The molecular formula is C19H20N2O5S2. The number of anilines is 1. The van der Waals surface area contributed by atoms with E-state index in [0.717, 1.165) is 22.7 Å². The molecule has 0 bridgehead atoms. The molecule has 0 atom stereocenters. The molecule has 1 fully saturated rings. The number of carbonyl (C=O) groups excluding carboxylic acids is 1. The maximum atomic E-state index is 13.1. The largest absolute Gasteiger partial charge is 0.268 e. The van der Waals surface area contributed by atoms with E-state index in [1.165, 1.54) is 28.6 Å². The van der Waals surface area contributed by atoms with Crippen LogP contribution in [-0.2, 0) is 26.5 Å². The Kier molecular flexibility index (Phi) is 4.67. The zero-order valence-corrected chi connectivity index (χ0v) is 16.7. The third-order valence-electron chi connectivity index (χ3n) is 5.08. The zero-order valence-electron chi connectivity index (χ0n) is 15.1. The van der Waals surface area contributed by atoms with Gasteiger partial charge in [0.1, 0.15) is 0 Å². The number of aryl methyl sites for hydroxylation is 1. The highest BCUT2D eigenvalue weighted by atomic mass is 32.2. The Morgan fingerprint density at radius 2 is 1.64 bits per heavy atom. The van der Waals surface area contributed by atoms with Gasteiger partial charge in [-0.2, -0.15) is 0 Å². The molecule has 0 unspecified atom stereocenters. The Balaban J connectivity index is 1.63. The summed E-state index contributed by atoms with van der Waals surface area (Å²) in [4.78, 5) is 12.5. The Bertz CT molecular complexity index is 1130. The number of amides is 1. The molecule has 0 aliphatic carbocycles. The second-order valence-corrected chi connectivity index (χ2v) is 10.8. The molecule has 2 aliphatic heterocycles. The highest BCUT2D eigenvalue weighted by Crippen LogP contribution is 2.32. The van der Waals surface area contributed by atoms with Crippen molar-refractivity contribution in [1.82, 2.24) is 4.31 Å². The lowest BCUT2D eigenvalue weighted by molar-refractivity contribution is 0.0870. The second-order valence-electron chi connectivity index (χ2n) is 6.88. The summed E-state index contributed by atoms with van der Waals surface area (Å²) >= 11 is 0. The molecule has 0 radical (unpaired) electrons. The summed E-state index contributed by atoms with van der Waals surface area (Å²) in [6.45, 7) is 0.553. The van der Waals surface area contributed by atoms with Gasteiger partial charge in [-0.05, 0) is 55.2 Å². The maximum Gasteiger partial charge on any atom is 0.267 e. The summed E-state index contributed by atoms with van der Waals surface area (Å²) in [7, 11) is -7.34. The first kappa shape index (κ1) is 18.9. The van der Waals surface area contributed by atoms with Gasteiger partial charge in [0.15, 0.2) is 0 Å². The minimum Gasteiger partial charge on any atom is -0.268 e. The molecule has 0 spiro atoms. The van der Waals surface area contributed by atoms with Crippen LogP contribution >= 0.6 is 0 Å². The van der Waals surface area contributed by atoms with Crippen molar-refractivity contribution in [1.29, 1.82) is 0 Å². The fourth-order valence-electron chi connectivity index (χ4n) is 3.66. The van der Waals surface area contributed by atoms with Crippen molar-refractivity contribution in [2.24, 2.45) is 0 Å². The number of benzene rings is 2. The number of sulfonamides is 2. The van der Waals surface area contributed by atoms with E-state index in [9.17, 15) is 21.6 Å². The zero-order chi connectivity index (χ0) is 19.9. The van der Waals surface area contributed by atoms with Crippen LogP contribution in [0, 0.1) is 0 Å². The van der Waals surface area contributed by atoms with Gasteiger partial charge in [0.25, 0.3) is 15.9 Å². The molecule has 4 rings (SSSR count). The van der Waals surface area contributed by atoms with Gasteiger partial charge in [0.05, 0.1) is 16.3 Å². The van der Waals surface area contributed by atoms with Gasteiger partial charge in [-0.25, -0.2) is 21.1 Å². The van der Waals surface area contributed by atoms with Crippen molar-refractivity contribution in [2.45, 2.75) is 24.2 Å². The predicted octanol–water partition coefficient (Wildman–Crippen LogP) is 2.00. The maximum absolute atomic E-state index is 13.1. The van der Waals surface area contributed by atoms with Crippen molar-refractivity contribution < 1.29 is 21.6 Å². The van der Waals surface area contributed by atoms with Crippen molar-refractivity contribution in [3.8, 4) is 0 Å². The van der Waals surface area contributed by atoms with Gasteiger partial charge in [-0.1, -0.05) is 18.2 Å². The molecular weight excluding hydrogens is 400 g/mol. The molecule has 0 saturated carbocycles. The molecule has 9 heteroatoms. The van der Waals surface area contributed by atoms with Crippen molar-refractivity contribution >= 4 is 31.6 Å². The summed E-state index contributed by atoms with van der Waals surface area (Å²) in [6, 6.07) is 12.9. The number of hydrogen-bond acceptors (Lipinski definition) is 5. The van der Waals surface area contributed by atoms with Gasteiger partial charge >= 0.3 is 0 Å². The topological polar surface area (TPSA) is 91.8 Å². The minimum atomic E-state index is -3.77. The average Bonchev–Trinajstić information content (AvgIpc) is 3.06. The fourth-order valence-corrected chi connectivity index (χ4v) is 6.68. The molecule has 28 heavy (non-hydrogen) atoms. The standard InChI is InChI=1S/C19H20N2O5S2/c22-19(21-13-4-14-27(21,23)24)16-8-10-17(11-9-16)28(25,26)20-12-3-6-15-5-1-2-7-18(15)20/h1-2,5,7-11H,3-4,6,12-14H2. The van der Waals surface area contributed by atoms with Crippen LogP contribution in [0.1, 0.15) is 28.8 Å². The van der Waals surface area contributed by atoms with E-state index in [4.69, 9.17) is 0 Å². The van der Waals surface area contributed by atoms with Gasteiger partial charge in [0, 0.05) is 18.7 Å². The van der Waals surface area contributed by atoms with Crippen LogP contribution in [0.4, 0.5) is 5.69 Å². The Labute approximate surface area is 164 Å². The quantitative estimate of drug-likeness (QED) is 0.757. The molecule has 1 saturated heterocycles. The highest BCUT2D eigenvalue weighted by Gasteiger charge is 2.34. The monoisotopic (exact) mass is 420 g/mol. The number of fused-ring (bicyclic) bond motifs is 1. The summed E-state index contributed by atoms with van der Waals surface area (Å²) < 4.78 is 52.4. The van der Waals surface area contributed by atoms with E-state index in [1.54, 1.807) is 6.07 Å². The summed E-state index contributed by atoms with van der Waals surface area (Å²) in [5.74, 6) is -0.663. The first-order valence-electron chi connectivity index (χ1n) is 9.06. The molecule has 2 aliphatic rings. The average molecular weight is 421 g/mol. The van der Waals surface area contributed by atoms with Gasteiger partial charge < -0.3 is 0 Å². The minimum absolute atomic E-state index is 0.0421. The molecule has 0 N–H and O–H groups in total. The third kappa shape index (κ3) is 3.18. The first-order chi connectivity index (χ1) is 13.3. The lowest BCUT2D eigenvalue weighted by atomic mass is 10.0. The van der Waals surface area contributed by atoms with Crippen molar-refractivity contribution in [3.63, 3.8) is 0 Å². The van der Waals surface area contributed by atoms with Crippen LogP contribution < -0.4 is 4.31 Å². The smallest absolute Gasteiger partial charge is 0.267 e. The number of carbonyl (C=O) groups is 1. The van der Waals surface area contributed by atoms with Gasteiger partial charge in [-0.3, -0.25) is 9.10 Å². The normalized spacial score (nSPS) is 18.7. The first-order valence-corrected chi connectivity index (χ1v) is 12.1. The van der Waals surface area contributed by atoms with E-state index in [0.29, 0.717) is 18.7 Å². The predicted molar refractivity (Wildman–Crippen MR) is 105 cm³/mol. The van der Waals surface area contributed by atoms with Crippen LogP contribution in [0.25, 0.3) is 0 Å². The molecule has 0 aromatic heterocycles. The van der Waals surface area contributed by atoms with E-state index < -0.39 is 26.0 Å². The van der Waals surface area contributed by atoms with Crippen molar-refractivity contribution in [2.75, 3.05) is 23.1 Å². The van der Waals surface area contributed by atoms with Crippen LogP contribution in [0.3, 0.4) is 0 Å². The summed E-state index contributed by atoms with van der Waals surface area (Å²) in [5.41, 5.74) is 1.82. The van der Waals surface area contributed by atoms with Crippen LogP contribution in [0.15, 0.2) is 53.4 Å². The number of nitrogens with zero attached hydrogens (tertiary/aromatic N) is 2. The molecule has 2 heterocycles. The second kappa shape index (κ2) is 6.89. The molecule has 7 nitrogen and oxygen atoms in total. The van der Waals surface area contributed by atoms with Crippen LogP contribution in [0.2, 0.25) is 0 Å². The van der Waals surface area contributed by atoms with E-state index in [-0.39, 0.29) is 22.8 Å². The Hall–Kier alpha value is -2.39. The molecule has 1 amide bonds. The van der Waals surface area contributed by atoms with Gasteiger partial charge in [0.2, 0.25) is 10.0 Å². The van der Waals surface area contributed by atoms with E-state index in [1.807, 2.05) is 18.2 Å². The fraction of sp³-hybridized carbons (Fsp3) is 0.316. The van der Waals surface area contributed by atoms with E-state index >= 15 is 0 Å². The number of hydrogen-bond donors (Lipinski definition) is 0. The van der Waals surface area contributed by atoms with Crippen molar-refractivity contribution in [3.05, 3.63) is 59.7 Å². The lowest BCUT2D eigenvalue weighted by Crippen LogP contribution is -2.35. The molecule has 148 valence electrons. The summed E-state index contributed by atoms with van der Waals surface area (Å²) in [5, 5.41) is 0. The number of para-hydroxylation sites is 1. The Morgan fingerprint density at radius 1 is 0.929 bits per heavy atom. The van der Waals surface area contributed by atoms with Gasteiger partial charge in [-0.15, -0.1) is 0 Å². The van der Waals surface area contributed by atoms with Crippen LogP contribution in [0.5, 0.6) is 0 Å². The lowest BCUT2D eigenvalue weighted by Gasteiger charge is -2.30. The number of rotatable bonds is 3. The molecule has 2 aromatic rings.